The highest BCUT2D eigenvalue weighted by atomic mass is 19.4. The third-order valence-corrected chi connectivity index (χ3v) is 5.48. The van der Waals surface area contributed by atoms with E-state index in [1.165, 1.54) is 24.4 Å². The van der Waals surface area contributed by atoms with E-state index in [-0.39, 0.29) is 29.7 Å². The van der Waals surface area contributed by atoms with Crippen LogP contribution < -0.4 is 10.6 Å². The first-order chi connectivity index (χ1) is 15.7. The summed E-state index contributed by atoms with van der Waals surface area (Å²) in [5.41, 5.74) is 1.61. The van der Waals surface area contributed by atoms with Crippen LogP contribution >= 0.6 is 0 Å². The highest BCUT2D eigenvalue weighted by Crippen LogP contribution is 2.44. The van der Waals surface area contributed by atoms with Gasteiger partial charge in [0.2, 0.25) is 0 Å². The fourth-order valence-corrected chi connectivity index (χ4v) is 3.59. The standard InChI is InChI=1S/C23H22F3N5O2/c1-13-8-17(18(12-32)14-2-3-14)19(11-28-13)30-22(33)15-6-7-27-21(9-15)31-20-5-4-16(10-29-20)23(24,25)26/h4-11,14,18,32H,2-3,12H2,1H3,(H,30,33)(H,27,29,31). The number of carbonyl (C=O) groups is 1. The van der Waals surface area contributed by atoms with E-state index < -0.39 is 17.6 Å². The van der Waals surface area contributed by atoms with Crippen molar-refractivity contribution in [3.05, 3.63) is 71.3 Å². The minimum Gasteiger partial charge on any atom is -0.396 e. The van der Waals surface area contributed by atoms with E-state index in [0.717, 1.165) is 36.4 Å². The number of aliphatic hydroxyl groups excluding tert-OH is 1. The van der Waals surface area contributed by atoms with Crippen molar-refractivity contribution in [1.29, 1.82) is 0 Å². The molecule has 33 heavy (non-hydrogen) atoms. The lowest BCUT2D eigenvalue weighted by atomic mass is 9.93. The molecule has 0 spiro atoms. The first-order valence-electron chi connectivity index (χ1n) is 10.4. The van der Waals surface area contributed by atoms with Crippen LogP contribution in [0.15, 0.2) is 48.9 Å². The van der Waals surface area contributed by atoms with E-state index in [9.17, 15) is 23.1 Å². The Morgan fingerprint density at radius 1 is 1.12 bits per heavy atom. The second-order valence-corrected chi connectivity index (χ2v) is 7.98. The number of aryl methyl sites for hydroxylation is 1. The summed E-state index contributed by atoms with van der Waals surface area (Å²) in [6.45, 7) is 1.84. The summed E-state index contributed by atoms with van der Waals surface area (Å²) < 4.78 is 38.1. The molecule has 1 atom stereocenters. The van der Waals surface area contributed by atoms with E-state index in [4.69, 9.17) is 0 Å². The summed E-state index contributed by atoms with van der Waals surface area (Å²) in [6.07, 6.45) is 1.33. The van der Waals surface area contributed by atoms with Crippen molar-refractivity contribution in [2.24, 2.45) is 5.92 Å². The molecule has 3 heterocycles. The van der Waals surface area contributed by atoms with Crippen molar-refractivity contribution in [3.8, 4) is 0 Å². The van der Waals surface area contributed by atoms with Gasteiger partial charge in [-0.15, -0.1) is 0 Å². The number of nitrogens with one attached hydrogen (secondary N) is 2. The number of carbonyl (C=O) groups excluding carboxylic acids is 1. The Hall–Kier alpha value is -3.53. The SMILES string of the molecule is Cc1cc(C(CO)C2CC2)c(NC(=O)c2ccnc(Nc3ccc(C(F)(F)F)cn3)c2)cn1. The fourth-order valence-electron chi connectivity index (χ4n) is 3.59. The first kappa shape index (κ1) is 22.7. The zero-order valence-electron chi connectivity index (χ0n) is 17.7. The Bertz CT molecular complexity index is 1150. The average molecular weight is 457 g/mol. The van der Waals surface area contributed by atoms with Gasteiger partial charge in [0, 0.05) is 29.6 Å². The van der Waals surface area contributed by atoms with Crippen LogP contribution in [0.1, 0.15) is 45.9 Å². The molecule has 0 saturated heterocycles. The number of halogens is 3. The summed E-state index contributed by atoms with van der Waals surface area (Å²) in [7, 11) is 0. The minimum atomic E-state index is -4.47. The van der Waals surface area contributed by atoms with Crippen LogP contribution in [0.4, 0.5) is 30.5 Å². The molecule has 1 aliphatic rings. The molecule has 1 amide bonds. The van der Waals surface area contributed by atoms with Gasteiger partial charge in [0.25, 0.3) is 5.91 Å². The molecule has 7 nitrogen and oxygen atoms in total. The first-order valence-corrected chi connectivity index (χ1v) is 10.4. The van der Waals surface area contributed by atoms with E-state index in [1.54, 1.807) is 6.20 Å². The highest BCUT2D eigenvalue weighted by Gasteiger charge is 2.33. The van der Waals surface area contributed by atoms with E-state index in [2.05, 4.69) is 25.6 Å². The average Bonchev–Trinajstić information content (AvgIpc) is 3.61. The van der Waals surface area contributed by atoms with Gasteiger partial charge >= 0.3 is 6.18 Å². The predicted octanol–water partition coefficient (Wildman–Crippen LogP) is 4.68. The molecule has 3 aromatic heterocycles. The number of alkyl halides is 3. The molecular weight excluding hydrogens is 435 g/mol. The number of nitrogens with zero attached hydrogens (tertiary/aromatic N) is 3. The molecule has 172 valence electrons. The van der Waals surface area contributed by atoms with Gasteiger partial charge in [0.1, 0.15) is 11.6 Å². The van der Waals surface area contributed by atoms with Crippen LogP contribution in [0.25, 0.3) is 0 Å². The summed E-state index contributed by atoms with van der Waals surface area (Å²) in [6, 6.07) is 6.97. The summed E-state index contributed by atoms with van der Waals surface area (Å²) in [5, 5.41) is 15.5. The van der Waals surface area contributed by atoms with Gasteiger partial charge in [0.05, 0.1) is 24.1 Å². The highest BCUT2D eigenvalue weighted by molar-refractivity contribution is 6.05. The smallest absolute Gasteiger partial charge is 0.396 e. The number of hydrogen-bond donors (Lipinski definition) is 3. The number of rotatable bonds is 7. The van der Waals surface area contributed by atoms with Gasteiger partial charge in [-0.05, 0) is 61.6 Å². The molecule has 0 aromatic carbocycles. The van der Waals surface area contributed by atoms with E-state index in [1.807, 2.05) is 13.0 Å². The number of pyridine rings is 3. The zero-order chi connectivity index (χ0) is 23.6. The molecule has 1 aliphatic carbocycles. The van der Waals surface area contributed by atoms with Crippen LogP contribution in [-0.4, -0.2) is 32.6 Å². The Kier molecular flexibility index (Phi) is 6.28. The molecule has 10 heteroatoms. The predicted molar refractivity (Wildman–Crippen MR) is 116 cm³/mol. The summed E-state index contributed by atoms with van der Waals surface area (Å²) in [5.74, 6) is 0.333. The van der Waals surface area contributed by atoms with Gasteiger partial charge in [0.15, 0.2) is 0 Å². The van der Waals surface area contributed by atoms with Crippen molar-refractivity contribution >= 4 is 23.2 Å². The van der Waals surface area contributed by atoms with Gasteiger partial charge in [-0.3, -0.25) is 9.78 Å². The zero-order valence-corrected chi connectivity index (χ0v) is 17.7. The van der Waals surface area contributed by atoms with Gasteiger partial charge in [-0.2, -0.15) is 13.2 Å². The quantitative estimate of drug-likeness (QED) is 0.476. The Balaban J connectivity index is 1.51. The van der Waals surface area contributed by atoms with Crippen molar-refractivity contribution in [2.75, 3.05) is 17.2 Å². The second kappa shape index (κ2) is 9.14. The van der Waals surface area contributed by atoms with E-state index in [0.29, 0.717) is 11.6 Å². The monoisotopic (exact) mass is 457 g/mol. The molecule has 0 aliphatic heterocycles. The van der Waals surface area contributed by atoms with Crippen molar-refractivity contribution < 1.29 is 23.1 Å². The van der Waals surface area contributed by atoms with Crippen LogP contribution in [-0.2, 0) is 6.18 Å². The maximum absolute atomic E-state index is 12.9. The molecular formula is C23H22F3N5O2. The van der Waals surface area contributed by atoms with Crippen molar-refractivity contribution in [1.82, 2.24) is 15.0 Å². The van der Waals surface area contributed by atoms with Crippen molar-refractivity contribution in [2.45, 2.75) is 31.9 Å². The molecule has 4 rings (SSSR count). The molecule has 0 bridgehead atoms. The van der Waals surface area contributed by atoms with Gasteiger partial charge in [-0.25, -0.2) is 9.97 Å². The molecule has 3 N–H and O–H groups in total. The van der Waals surface area contributed by atoms with Gasteiger partial charge in [-0.1, -0.05) is 0 Å². The topological polar surface area (TPSA) is 100 Å². The lowest BCUT2D eigenvalue weighted by Crippen LogP contribution is -2.17. The third kappa shape index (κ3) is 5.46. The number of aliphatic hydroxyl groups is 1. The molecule has 0 radical (unpaired) electrons. The largest absolute Gasteiger partial charge is 0.417 e. The molecule has 1 unspecified atom stereocenters. The molecule has 3 aromatic rings. The second-order valence-electron chi connectivity index (χ2n) is 7.98. The van der Waals surface area contributed by atoms with Crippen molar-refractivity contribution in [3.63, 3.8) is 0 Å². The maximum atomic E-state index is 12.9. The summed E-state index contributed by atoms with van der Waals surface area (Å²) >= 11 is 0. The number of anilines is 3. The normalized spacial score (nSPS) is 14.6. The number of amides is 1. The minimum absolute atomic E-state index is 0.0134. The Morgan fingerprint density at radius 3 is 2.55 bits per heavy atom. The van der Waals surface area contributed by atoms with Crippen LogP contribution in [0, 0.1) is 12.8 Å². The van der Waals surface area contributed by atoms with Crippen LogP contribution in [0.5, 0.6) is 0 Å². The molecule has 1 saturated carbocycles. The summed E-state index contributed by atoms with van der Waals surface area (Å²) in [4.78, 5) is 25.0. The molecule has 1 fully saturated rings. The van der Waals surface area contributed by atoms with Gasteiger partial charge < -0.3 is 15.7 Å². The Labute approximate surface area is 188 Å². The van der Waals surface area contributed by atoms with E-state index >= 15 is 0 Å². The lowest BCUT2D eigenvalue weighted by molar-refractivity contribution is -0.137. The fraction of sp³-hybridized carbons (Fsp3) is 0.304. The lowest BCUT2D eigenvalue weighted by Gasteiger charge is -2.19. The Morgan fingerprint density at radius 2 is 1.91 bits per heavy atom. The van der Waals surface area contributed by atoms with Crippen LogP contribution in [0.2, 0.25) is 0 Å². The number of aromatic nitrogens is 3. The third-order valence-electron chi connectivity index (χ3n) is 5.48. The number of hydrogen-bond acceptors (Lipinski definition) is 6. The maximum Gasteiger partial charge on any atom is 0.417 e. The van der Waals surface area contributed by atoms with Crippen LogP contribution in [0.3, 0.4) is 0 Å².